The Morgan fingerprint density at radius 3 is 1.93 bits per heavy atom. The lowest BCUT2D eigenvalue weighted by Crippen LogP contribution is -2.48. The predicted molar refractivity (Wildman–Crippen MR) is 123 cm³/mol. The summed E-state index contributed by atoms with van der Waals surface area (Å²) in [6, 6.07) is 0. The van der Waals surface area contributed by atoms with Gasteiger partial charge in [-0.25, -0.2) is 4.79 Å². The molecule has 0 aliphatic carbocycles. The quantitative estimate of drug-likeness (QED) is 0.305. The second-order valence-electron chi connectivity index (χ2n) is 10.5. The van der Waals surface area contributed by atoms with Crippen molar-refractivity contribution in [3.05, 3.63) is 0 Å². The highest BCUT2D eigenvalue weighted by atomic mass is 28.4. The number of carbonyl (C=O) groups is 1. The Hall–Kier alpha value is -0.593. The van der Waals surface area contributed by atoms with Gasteiger partial charge in [-0.3, -0.25) is 0 Å². The summed E-state index contributed by atoms with van der Waals surface area (Å²) < 4.78 is 18.0. The van der Waals surface area contributed by atoms with E-state index in [2.05, 4.69) is 41.5 Å². The van der Waals surface area contributed by atoms with Crippen LogP contribution in [-0.2, 0) is 13.9 Å². The highest BCUT2D eigenvalue weighted by Gasteiger charge is 2.44. The average Bonchev–Trinajstić information content (AvgIpc) is 2.59. The van der Waals surface area contributed by atoms with Crippen LogP contribution in [0.15, 0.2) is 0 Å². The van der Waals surface area contributed by atoms with Gasteiger partial charge in [0.05, 0.1) is 0 Å². The standard InChI is InChI=1S/C23H47NO4Si/c1-18(2)29(19(3)4,20(5)6)27-16-10-15-26-17-21-11-13-24(14-12-21)22(25)28-23(7,8)9/h18-21H,10-17H2,1-9H3. The zero-order valence-corrected chi connectivity index (χ0v) is 21.5. The number of likely N-dealkylation sites (tertiary alicyclic amines) is 1. The molecule has 0 saturated carbocycles. The molecule has 0 unspecified atom stereocenters. The number of ether oxygens (including phenoxy) is 2. The molecule has 1 heterocycles. The second-order valence-corrected chi connectivity index (χ2v) is 16.0. The first kappa shape index (κ1) is 26.4. The van der Waals surface area contributed by atoms with Crippen LogP contribution in [0.5, 0.6) is 0 Å². The van der Waals surface area contributed by atoms with Crippen LogP contribution in [0.25, 0.3) is 0 Å². The Kier molecular flexibility index (Phi) is 10.7. The van der Waals surface area contributed by atoms with E-state index in [4.69, 9.17) is 13.9 Å². The lowest BCUT2D eigenvalue weighted by molar-refractivity contribution is 0.0111. The van der Waals surface area contributed by atoms with E-state index >= 15 is 0 Å². The number of piperidine rings is 1. The summed E-state index contributed by atoms with van der Waals surface area (Å²) in [7, 11) is -1.76. The minimum atomic E-state index is -1.76. The molecule has 1 fully saturated rings. The zero-order chi connectivity index (χ0) is 22.2. The van der Waals surface area contributed by atoms with E-state index in [1.807, 2.05) is 25.7 Å². The summed E-state index contributed by atoms with van der Waals surface area (Å²) >= 11 is 0. The number of hydrogen-bond acceptors (Lipinski definition) is 4. The van der Waals surface area contributed by atoms with Gasteiger partial charge in [-0.05, 0) is 62.6 Å². The van der Waals surface area contributed by atoms with Crippen molar-refractivity contribution in [2.75, 3.05) is 32.9 Å². The molecular formula is C23H47NO4Si. The van der Waals surface area contributed by atoms with Gasteiger partial charge < -0.3 is 18.8 Å². The van der Waals surface area contributed by atoms with Gasteiger partial charge in [-0.15, -0.1) is 0 Å². The van der Waals surface area contributed by atoms with E-state index in [0.29, 0.717) is 22.5 Å². The van der Waals surface area contributed by atoms with Gasteiger partial charge in [0.2, 0.25) is 0 Å². The van der Waals surface area contributed by atoms with Gasteiger partial charge in [0.25, 0.3) is 0 Å². The van der Waals surface area contributed by atoms with Crippen molar-refractivity contribution >= 4 is 14.4 Å². The van der Waals surface area contributed by atoms with Crippen LogP contribution in [0.4, 0.5) is 4.79 Å². The molecule has 0 radical (unpaired) electrons. The third-order valence-corrected chi connectivity index (χ3v) is 12.2. The van der Waals surface area contributed by atoms with Crippen LogP contribution in [0.1, 0.15) is 81.6 Å². The topological polar surface area (TPSA) is 48.0 Å². The summed E-state index contributed by atoms with van der Waals surface area (Å²) in [5.41, 5.74) is 1.44. The van der Waals surface area contributed by atoms with E-state index in [1.165, 1.54) is 0 Å². The van der Waals surface area contributed by atoms with Crippen LogP contribution in [0.2, 0.25) is 16.6 Å². The predicted octanol–water partition coefficient (Wildman–Crippen LogP) is 6.23. The number of hydrogen-bond donors (Lipinski definition) is 0. The Bertz CT molecular complexity index is 458. The Balaban J connectivity index is 2.26. The lowest BCUT2D eigenvalue weighted by atomic mass is 9.98. The molecule has 0 N–H and O–H groups in total. The van der Waals surface area contributed by atoms with Crippen LogP contribution in [-0.4, -0.2) is 57.8 Å². The van der Waals surface area contributed by atoms with Gasteiger partial charge in [0.1, 0.15) is 5.60 Å². The fraction of sp³-hybridized carbons (Fsp3) is 0.957. The lowest BCUT2D eigenvalue weighted by Gasteiger charge is -2.42. The Morgan fingerprint density at radius 2 is 1.48 bits per heavy atom. The molecule has 0 aromatic heterocycles. The minimum Gasteiger partial charge on any atom is -0.444 e. The molecule has 5 nitrogen and oxygen atoms in total. The molecule has 29 heavy (non-hydrogen) atoms. The first-order valence-electron chi connectivity index (χ1n) is 11.6. The summed E-state index contributed by atoms with van der Waals surface area (Å²) in [5.74, 6) is 0.532. The van der Waals surface area contributed by atoms with E-state index in [-0.39, 0.29) is 6.09 Å². The maximum absolute atomic E-state index is 12.1. The molecule has 0 bridgehead atoms. The summed E-state index contributed by atoms with van der Waals surface area (Å²) in [6.07, 6.45) is 2.74. The largest absolute Gasteiger partial charge is 0.444 e. The molecule has 1 amide bonds. The first-order chi connectivity index (χ1) is 13.4. The molecule has 172 valence electrons. The fourth-order valence-electron chi connectivity index (χ4n) is 4.77. The van der Waals surface area contributed by atoms with Gasteiger partial charge in [-0.1, -0.05) is 41.5 Å². The van der Waals surface area contributed by atoms with Gasteiger partial charge in [0, 0.05) is 32.9 Å². The Labute approximate surface area is 181 Å². The van der Waals surface area contributed by atoms with Crippen molar-refractivity contribution in [2.45, 2.75) is 104 Å². The van der Waals surface area contributed by atoms with Crippen molar-refractivity contribution in [3.8, 4) is 0 Å². The SMILES string of the molecule is CC(C)[Si](OCCCOCC1CCN(C(=O)OC(C)(C)C)CC1)(C(C)C)C(C)C. The summed E-state index contributed by atoms with van der Waals surface area (Å²) in [5, 5.41) is 0. The second kappa shape index (κ2) is 11.7. The maximum atomic E-state index is 12.1. The highest BCUT2D eigenvalue weighted by Crippen LogP contribution is 2.42. The van der Waals surface area contributed by atoms with Crippen molar-refractivity contribution in [1.82, 2.24) is 4.90 Å². The molecule has 1 aliphatic rings. The van der Waals surface area contributed by atoms with Crippen molar-refractivity contribution < 1.29 is 18.7 Å². The molecule has 1 saturated heterocycles. The zero-order valence-electron chi connectivity index (χ0n) is 20.5. The molecule has 0 aromatic carbocycles. The van der Waals surface area contributed by atoms with Crippen molar-refractivity contribution in [1.29, 1.82) is 0 Å². The van der Waals surface area contributed by atoms with Gasteiger partial charge >= 0.3 is 6.09 Å². The van der Waals surface area contributed by atoms with E-state index in [1.54, 1.807) is 0 Å². The minimum absolute atomic E-state index is 0.192. The van der Waals surface area contributed by atoms with Crippen LogP contribution >= 0.6 is 0 Å². The smallest absolute Gasteiger partial charge is 0.410 e. The van der Waals surface area contributed by atoms with E-state index in [9.17, 15) is 4.79 Å². The average molecular weight is 430 g/mol. The summed E-state index contributed by atoms with van der Waals surface area (Å²) in [4.78, 5) is 14.0. The molecular weight excluding hydrogens is 382 g/mol. The number of nitrogens with zero attached hydrogens (tertiary/aromatic N) is 1. The molecule has 1 rings (SSSR count). The number of rotatable bonds is 10. The normalized spacial score (nSPS) is 16.9. The number of carbonyl (C=O) groups excluding carboxylic acids is 1. The fourth-order valence-corrected chi connectivity index (χ4v) is 10.3. The molecule has 0 atom stereocenters. The van der Waals surface area contributed by atoms with Crippen LogP contribution in [0.3, 0.4) is 0 Å². The Morgan fingerprint density at radius 1 is 0.966 bits per heavy atom. The monoisotopic (exact) mass is 429 g/mol. The molecule has 0 spiro atoms. The van der Waals surface area contributed by atoms with E-state index in [0.717, 1.165) is 52.2 Å². The third kappa shape index (κ3) is 8.21. The van der Waals surface area contributed by atoms with Crippen molar-refractivity contribution in [2.24, 2.45) is 5.92 Å². The maximum Gasteiger partial charge on any atom is 0.410 e. The highest BCUT2D eigenvalue weighted by molar-refractivity contribution is 6.77. The van der Waals surface area contributed by atoms with Crippen LogP contribution < -0.4 is 0 Å². The number of amides is 1. The summed E-state index contributed by atoms with van der Waals surface area (Å²) in [6.45, 7) is 23.5. The third-order valence-electron chi connectivity index (χ3n) is 6.11. The van der Waals surface area contributed by atoms with E-state index < -0.39 is 13.9 Å². The van der Waals surface area contributed by atoms with Gasteiger partial charge in [-0.2, -0.15) is 0 Å². The van der Waals surface area contributed by atoms with Crippen molar-refractivity contribution in [3.63, 3.8) is 0 Å². The molecule has 6 heteroatoms. The molecule has 1 aliphatic heterocycles. The first-order valence-corrected chi connectivity index (χ1v) is 13.7. The van der Waals surface area contributed by atoms with Crippen LogP contribution in [0, 0.1) is 5.92 Å². The van der Waals surface area contributed by atoms with Gasteiger partial charge in [0.15, 0.2) is 8.32 Å². The molecule has 0 aromatic rings.